The van der Waals surface area contributed by atoms with Crippen LogP contribution in [0.15, 0.2) is 18.2 Å². The molecule has 0 amide bonds. The Morgan fingerprint density at radius 3 is 2.93 bits per heavy atom. The molecule has 74 valence electrons. The molecule has 0 aromatic heterocycles. The number of terminal acetylenes is 1. The number of halogens is 2. The highest BCUT2D eigenvalue weighted by molar-refractivity contribution is 6.33. The fourth-order valence-corrected chi connectivity index (χ4v) is 1.30. The number of para-hydroxylation sites is 1. The Balaban J connectivity index is 2.54. The maximum Gasteiger partial charge on any atom is 0.147 e. The zero-order valence-corrected chi connectivity index (χ0v) is 8.44. The number of unbranched alkanes of at least 4 members (excludes halogenated alkanes) is 1. The lowest BCUT2D eigenvalue weighted by atomic mass is 10.2. The van der Waals surface area contributed by atoms with E-state index >= 15 is 0 Å². The summed E-state index contributed by atoms with van der Waals surface area (Å²) in [5.74, 6) is 2.18. The quantitative estimate of drug-likeness (QED) is 0.595. The summed E-state index contributed by atoms with van der Waals surface area (Å²) < 4.78 is 13.2. The van der Waals surface area contributed by atoms with Crippen molar-refractivity contribution >= 4 is 17.3 Å². The first kappa shape index (κ1) is 10.9. The van der Waals surface area contributed by atoms with Crippen LogP contribution in [-0.4, -0.2) is 6.54 Å². The molecule has 0 fully saturated rings. The fourth-order valence-electron chi connectivity index (χ4n) is 1.07. The number of rotatable bonds is 4. The smallest absolute Gasteiger partial charge is 0.147 e. The van der Waals surface area contributed by atoms with Crippen molar-refractivity contribution in [1.82, 2.24) is 0 Å². The van der Waals surface area contributed by atoms with E-state index in [1.807, 2.05) is 0 Å². The summed E-state index contributed by atoms with van der Waals surface area (Å²) in [4.78, 5) is 0. The van der Waals surface area contributed by atoms with Gasteiger partial charge in [0.2, 0.25) is 0 Å². The van der Waals surface area contributed by atoms with Crippen LogP contribution in [0.3, 0.4) is 0 Å². The molecule has 0 bridgehead atoms. The fraction of sp³-hybridized carbons (Fsp3) is 0.273. The molecule has 1 aromatic carbocycles. The number of hydrogen-bond donors (Lipinski definition) is 1. The molecule has 0 saturated heterocycles. The molecule has 0 aliphatic rings. The summed E-state index contributed by atoms with van der Waals surface area (Å²) in [6, 6.07) is 4.59. The van der Waals surface area contributed by atoms with Gasteiger partial charge < -0.3 is 5.32 Å². The molecule has 1 N–H and O–H groups in total. The molecule has 0 unspecified atom stereocenters. The molecule has 3 heteroatoms. The number of anilines is 1. The summed E-state index contributed by atoms with van der Waals surface area (Å²) >= 11 is 5.80. The summed E-state index contributed by atoms with van der Waals surface area (Å²) in [6.07, 6.45) is 6.58. The molecule has 1 rings (SSSR count). The Kier molecular flexibility index (Phi) is 4.28. The molecule has 0 spiro atoms. The minimum atomic E-state index is -0.335. The highest BCUT2D eigenvalue weighted by Gasteiger charge is 2.04. The molecule has 14 heavy (non-hydrogen) atoms. The second-order valence-corrected chi connectivity index (χ2v) is 3.24. The van der Waals surface area contributed by atoms with Crippen molar-refractivity contribution in [3.8, 4) is 12.3 Å². The third-order valence-corrected chi connectivity index (χ3v) is 2.08. The van der Waals surface area contributed by atoms with Crippen LogP contribution < -0.4 is 5.32 Å². The summed E-state index contributed by atoms with van der Waals surface area (Å²) in [5.41, 5.74) is 0.353. The van der Waals surface area contributed by atoms with Crippen molar-refractivity contribution in [1.29, 1.82) is 0 Å². The van der Waals surface area contributed by atoms with Gasteiger partial charge in [0.1, 0.15) is 5.82 Å². The Morgan fingerprint density at radius 2 is 2.29 bits per heavy atom. The summed E-state index contributed by atoms with van der Waals surface area (Å²) in [5, 5.41) is 3.31. The van der Waals surface area contributed by atoms with Gasteiger partial charge in [-0.15, -0.1) is 12.3 Å². The molecule has 0 radical (unpaired) electrons. The van der Waals surface area contributed by atoms with Gasteiger partial charge in [-0.3, -0.25) is 0 Å². The highest BCUT2D eigenvalue weighted by Crippen LogP contribution is 2.24. The van der Waals surface area contributed by atoms with E-state index in [-0.39, 0.29) is 5.82 Å². The van der Waals surface area contributed by atoms with Crippen molar-refractivity contribution in [2.45, 2.75) is 12.8 Å². The van der Waals surface area contributed by atoms with Gasteiger partial charge in [-0.05, 0) is 18.6 Å². The van der Waals surface area contributed by atoms with E-state index in [2.05, 4.69) is 11.2 Å². The lowest BCUT2D eigenvalue weighted by molar-refractivity contribution is 0.630. The van der Waals surface area contributed by atoms with Crippen LogP contribution >= 0.6 is 11.6 Å². The van der Waals surface area contributed by atoms with Gasteiger partial charge in [0.25, 0.3) is 0 Å². The molecule has 0 aliphatic carbocycles. The zero-order chi connectivity index (χ0) is 10.4. The van der Waals surface area contributed by atoms with Crippen LogP contribution in [-0.2, 0) is 0 Å². The summed E-state index contributed by atoms with van der Waals surface area (Å²) in [6.45, 7) is 0.630. The van der Waals surface area contributed by atoms with Gasteiger partial charge in [0, 0.05) is 13.0 Å². The van der Waals surface area contributed by atoms with Crippen molar-refractivity contribution in [2.75, 3.05) is 11.9 Å². The van der Waals surface area contributed by atoms with E-state index in [0.29, 0.717) is 23.7 Å². The largest absolute Gasteiger partial charge is 0.381 e. The monoisotopic (exact) mass is 211 g/mol. The van der Waals surface area contributed by atoms with Gasteiger partial charge in [0.15, 0.2) is 0 Å². The van der Waals surface area contributed by atoms with Crippen molar-refractivity contribution in [3.63, 3.8) is 0 Å². The van der Waals surface area contributed by atoms with Crippen LogP contribution in [0.4, 0.5) is 10.1 Å². The van der Waals surface area contributed by atoms with Crippen LogP contribution in [0, 0.1) is 18.2 Å². The number of hydrogen-bond acceptors (Lipinski definition) is 1. The molecule has 1 nitrogen and oxygen atoms in total. The third kappa shape index (κ3) is 2.93. The first-order valence-electron chi connectivity index (χ1n) is 4.37. The average Bonchev–Trinajstić information content (AvgIpc) is 2.16. The summed E-state index contributed by atoms with van der Waals surface area (Å²) in [7, 11) is 0. The highest BCUT2D eigenvalue weighted by atomic mass is 35.5. The van der Waals surface area contributed by atoms with Crippen molar-refractivity contribution < 1.29 is 4.39 Å². The number of benzene rings is 1. The van der Waals surface area contributed by atoms with Crippen LogP contribution in [0.1, 0.15) is 12.8 Å². The minimum absolute atomic E-state index is 0.335. The van der Waals surface area contributed by atoms with Gasteiger partial charge in [-0.2, -0.15) is 0 Å². The predicted molar refractivity (Wildman–Crippen MR) is 58.0 cm³/mol. The minimum Gasteiger partial charge on any atom is -0.381 e. The van der Waals surface area contributed by atoms with E-state index in [1.54, 1.807) is 12.1 Å². The predicted octanol–water partition coefficient (Wildman–Crippen LogP) is 3.30. The van der Waals surface area contributed by atoms with E-state index in [4.69, 9.17) is 18.0 Å². The van der Waals surface area contributed by atoms with Crippen LogP contribution in [0.2, 0.25) is 5.02 Å². The second-order valence-electron chi connectivity index (χ2n) is 2.83. The molecule has 0 aliphatic heterocycles. The Morgan fingerprint density at radius 1 is 1.50 bits per heavy atom. The first-order chi connectivity index (χ1) is 6.75. The topological polar surface area (TPSA) is 12.0 Å². The normalized spacial score (nSPS) is 9.50. The molecular formula is C11H11ClFN. The maximum absolute atomic E-state index is 13.2. The van der Waals surface area contributed by atoms with Crippen molar-refractivity contribution in [3.05, 3.63) is 29.0 Å². The lowest BCUT2D eigenvalue weighted by Gasteiger charge is -2.07. The van der Waals surface area contributed by atoms with E-state index in [0.717, 1.165) is 6.42 Å². The van der Waals surface area contributed by atoms with Gasteiger partial charge >= 0.3 is 0 Å². The van der Waals surface area contributed by atoms with Gasteiger partial charge in [-0.1, -0.05) is 17.7 Å². The SMILES string of the molecule is C#CCCCNc1c(F)cccc1Cl. The van der Waals surface area contributed by atoms with E-state index in [1.165, 1.54) is 6.07 Å². The Labute approximate surface area is 88.3 Å². The standard InChI is InChI=1S/C11H11ClFN/c1-2-3-4-8-14-11-9(12)6-5-7-10(11)13/h1,5-7,14H,3-4,8H2. The third-order valence-electron chi connectivity index (χ3n) is 1.76. The molecular weight excluding hydrogens is 201 g/mol. The van der Waals surface area contributed by atoms with Crippen LogP contribution in [0.25, 0.3) is 0 Å². The Hall–Kier alpha value is -1.20. The lowest BCUT2D eigenvalue weighted by Crippen LogP contribution is -2.03. The van der Waals surface area contributed by atoms with Crippen LogP contribution in [0.5, 0.6) is 0 Å². The van der Waals surface area contributed by atoms with Gasteiger partial charge in [0.05, 0.1) is 10.7 Å². The molecule has 1 aromatic rings. The Bertz CT molecular complexity index is 323. The maximum atomic E-state index is 13.2. The van der Waals surface area contributed by atoms with Gasteiger partial charge in [-0.25, -0.2) is 4.39 Å². The average molecular weight is 212 g/mol. The molecule has 0 atom stereocenters. The van der Waals surface area contributed by atoms with E-state index in [9.17, 15) is 4.39 Å². The van der Waals surface area contributed by atoms with Crippen molar-refractivity contribution in [2.24, 2.45) is 0 Å². The molecule has 0 heterocycles. The van der Waals surface area contributed by atoms with E-state index < -0.39 is 0 Å². The first-order valence-corrected chi connectivity index (χ1v) is 4.75. The second kappa shape index (κ2) is 5.51. The zero-order valence-electron chi connectivity index (χ0n) is 7.69. The molecule has 0 saturated carbocycles. The number of nitrogens with one attached hydrogen (secondary N) is 1.